The number of unbranched alkanes of at least 4 members (excludes halogenated alkanes) is 1. The second-order valence-corrected chi connectivity index (χ2v) is 7.00. The molecule has 2 bridgehead atoms. The van der Waals surface area contributed by atoms with E-state index in [0.717, 1.165) is 30.7 Å². The standard InChI is InChI=1S/C18H36N2/c1-4-7-10-16(9-5-2)20-17-11-8-12-18(20)14-15(13-17)19-6-3/h15-19H,4-14H2,1-3H3. The normalized spacial score (nSPS) is 32.2. The van der Waals surface area contributed by atoms with Crippen LogP contribution in [-0.2, 0) is 0 Å². The van der Waals surface area contributed by atoms with E-state index in [1.807, 2.05) is 0 Å². The van der Waals surface area contributed by atoms with Gasteiger partial charge < -0.3 is 5.32 Å². The molecule has 0 radical (unpaired) electrons. The van der Waals surface area contributed by atoms with Gasteiger partial charge in [-0.3, -0.25) is 4.90 Å². The molecule has 118 valence electrons. The highest BCUT2D eigenvalue weighted by Gasteiger charge is 2.40. The third-order valence-corrected chi connectivity index (χ3v) is 5.46. The summed E-state index contributed by atoms with van der Waals surface area (Å²) in [7, 11) is 0. The molecule has 20 heavy (non-hydrogen) atoms. The first-order chi connectivity index (χ1) is 9.80. The molecule has 2 saturated heterocycles. The van der Waals surface area contributed by atoms with Crippen molar-refractivity contribution in [3.05, 3.63) is 0 Å². The summed E-state index contributed by atoms with van der Waals surface area (Å²) in [5.41, 5.74) is 0. The van der Waals surface area contributed by atoms with E-state index >= 15 is 0 Å². The van der Waals surface area contributed by atoms with Gasteiger partial charge in [-0.2, -0.15) is 0 Å². The maximum absolute atomic E-state index is 3.72. The summed E-state index contributed by atoms with van der Waals surface area (Å²) in [6.45, 7) is 8.09. The van der Waals surface area contributed by atoms with Gasteiger partial charge in [-0.1, -0.05) is 46.5 Å². The molecule has 2 aliphatic rings. The van der Waals surface area contributed by atoms with Crippen molar-refractivity contribution >= 4 is 0 Å². The lowest BCUT2D eigenvalue weighted by Gasteiger charge is -2.52. The smallest absolute Gasteiger partial charge is 0.0116 e. The fourth-order valence-corrected chi connectivity index (χ4v) is 4.68. The number of nitrogens with one attached hydrogen (secondary N) is 1. The Morgan fingerprint density at radius 2 is 1.70 bits per heavy atom. The minimum Gasteiger partial charge on any atom is -0.314 e. The first kappa shape index (κ1) is 16.3. The average molecular weight is 280 g/mol. The largest absolute Gasteiger partial charge is 0.314 e. The molecule has 3 atom stereocenters. The van der Waals surface area contributed by atoms with Crippen molar-refractivity contribution in [2.45, 2.75) is 109 Å². The maximum atomic E-state index is 3.72. The van der Waals surface area contributed by atoms with Crippen LogP contribution in [0.3, 0.4) is 0 Å². The summed E-state index contributed by atoms with van der Waals surface area (Å²) >= 11 is 0. The monoisotopic (exact) mass is 280 g/mol. The van der Waals surface area contributed by atoms with Crippen molar-refractivity contribution in [1.82, 2.24) is 10.2 Å². The summed E-state index contributed by atoms with van der Waals surface area (Å²) in [6.07, 6.45) is 14.1. The first-order valence-electron chi connectivity index (χ1n) is 9.30. The highest BCUT2D eigenvalue weighted by atomic mass is 15.2. The highest BCUT2D eigenvalue weighted by molar-refractivity contribution is 4.97. The number of hydrogen-bond acceptors (Lipinski definition) is 2. The van der Waals surface area contributed by atoms with Crippen LogP contribution >= 0.6 is 0 Å². The number of rotatable bonds is 8. The summed E-state index contributed by atoms with van der Waals surface area (Å²) in [5.74, 6) is 0. The Morgan fingerprint density at radius 1 is 1.00 bits per heavy atom. The quantitative estimate of drug-likeness (QED) is 0.711. The van der Waals surface area contributed by atoms with E-state index in [4.69, 9.17) is 0 Å². The van der Waals surface area contributed by atoms with Gasteiger partial charge in [0.25, 0.3) is 0 Å². The van der Waals surface area contributed by atoms with Crippen LogP contribution in [0.2, 0.25) is 0 Å². The van der Waals surface area contributed by atoms with Crippen molar-refractivity contribution in [1.29, 1.82) is 0 Å². The number of hydrogen-bond donors (Lipinski definition) is 1. The van der Waals surface area contributed by atoms with Crippen LogP contribution < -0.4 is 5.32 Å². The van der Waals surface area contributed by atoms with Crippen molar-refractivity contribution in [3.8, 4) is 0 Å². The van der Waals surface area contributed by atoms with E-state index in [1.54, 1.807) is 0 Å². The zero-order valence-corrected chi connectivity index (χ0v) is 14.0. The first-order valence-corrected chi connectivity index (χ1v) is 9.30. The van der Waals surface area contributed by atoms with Crippen LogP contribution in [0.25, 0.3) is 0 Å². The lowest BCUT2D eigenvalue weighted by Crippen LogP contribution is -2.59. The molecule has 0 aromatic carbocycles. The van der Waals surface area contributed by atoms with Gasteiger partial charge in [-0.25, -0.2) is 0 Å². The average Bonchev–Trinajstić information content (AvgIpc) is 2.43. The van der Waals surface area contributed by atoms with E-state index in [2.05, 4.69) is 31.0 Å². The highest BCUT2D eigenvalue weighted by Crippen LogP contribution is 2.37. The zero-order chi connectivity index (χ0) is 14.4. The van der Waals surface area contributed by atoms with Gasteiger partial charge in [-0.15, -0.1) is 0 Å². The predicted molar refractivity (Wildman–Crippen MR) is 88.2 cm³/mol. The molecule has 2 fully saturated rings. The molecule has 0 aromatic heterocycles. The maximum Gasteiger partial charge on any atom is 0.0116 e. The molecule has 2 aliphatic heterocycles. The lowest BCUT2D eigenvalue weighted by atomic mass is 9.79. The van der Waals surface area contributed by atoms with Crippen LogP contribution in [0.15, 0.2) is 0 Å². The molecular weight excluding hydrogens is 244 g/mol. The fourth-order valence-electron chi connectivity index (χ4n) is 4.68. The zero-order valence-electron chi connectivity index (χ0n) is 14.0. The van der Waals surface area contributed by atoms with Crippen LogP contribution in [0.5, 0.6) is 0 Å². The van der Waals surface area contributed by atoms with E-state index in [1.165, 1.54) is 64.2 Å². The SMILES string of the molecule is CCCCC(CCC)N1C2CCCC1CC(NCC)C2. The number of nitrogens with zero attached hydrogens (tertiary/aromatic N) is 1. The minimum atomic E-state index is 0.792. The molecular formula is C18H36N2. The van der Waals surface area contributed by atoms with Gasteiger partial charge in [0.05, 0.1) is 0 Å². The van der Waals surface area contributed by atoms with Crippen LogP contribution in [0.1, 0.15) is 85.0 Å². The van der Waals surface area contributed by atoms with E-state index in [0.29, 0.717) is 0 Å². The number of fused-ring (bicyclic) bond motifs is 2. The summed E-state index contributed by atoms with van der Waals surface area (Å²) in [4.78, 5) is 2.98. The Labute approximate surface area is 126 Å². The predicted octanol–water partition coefficient (Wildman–Crippen LogP) is 4.34. The molecule has 2 nitrogen and oxygen atoms in total. The molecule has 0 aromatic rings. The Bertz CT molecular complexity index is 252. The van der Waals surface area contributed by atoms with Crippen molar-refractivity contribution in [2.75, 3.05) is 6.54 Å². The summed E-state index contributed by atoms with van der Waals surface area (Å²) in [6, 6.07) is 3.41. The topological polar surface area (TPSA) is 15.3 Å². The van der Waals surface area contributed by atoms with E-state index in [9.17, 15) is 0 Å². The van der Waals surface area contributed by atoms with Gasteiger partial charge in [0, 0.05) is 24.2 Å². The lowest BCUT2D eigenvalue weighted by molar-refractivity contribution is -0.0167. The number of piperidine rings is 2. The molecule has 3 unspecified atom stereocenters. The summed E-state index contributed by atoms with van der Waals surface area (Å²) < 4.78 is 0. The van der Waals surface area contributed by atoms with Gasteiger partial charge in [0.15, 0.2) is 0 Å². The van der Waals surface area contributed by atoms with Gasteiger partial charge in [0.2, 0.25) is 0 Å². The van der Waals surface area contributed by atoms with Crippen molar-refractivity contribution < 1.29 is 0 Å². The molecule has 0 spiro atoms. The van der Waals surface area contributed by atoms with Crippen LogP contribution in [-0.4, -0.2) is 35.6 Å². The molecule has 0 aliphatic carbocycles. The van der Waals surface area contributed by atoms with Crippen LogP contribution in [0.4, 0.5) is 0 Å². The third kappa shape index (κ3) is 3.98. The summed E-state index contributed by atoms with van der Waals surface area (Å²) in [5, 5.41) is 3.72. The van der Waals surface area contributed by atoms with Crippen molar-refractivity contribution in [3.63, 3.8) is 0 Å². The second-order valence-electron chi connectivity index (χ2n) is 7.00. The van der Waals surface area contributed by atoms with Crippen LogP contribution in [0, 0.1) is 0 Å². The van der Waals surface area contributed by atoms with E-state index < -0.39 is 0 Å². The Hall–Kier alpha value is -0.0800. The molecule has 1 N–H and O–H groups in total. The Balaban J connectivity index is 2.01. The molecule has 0 amide bonds. The fraction of sp³-hybridized carbons (Fsp3) is 1.00. The second kappa shape index (κ2) is 8.38. The van der Waals surface area contributed by atoms with Gasteiger partial charge >= 0.3 is 0 Å². The molecule has 2 rings (SSSR count). The Kier molecular flexibility index (Phi) is 6.83. The van der Waals surface area contributed by atoms with Crippen molar-refractivity contribution in [2.24, 2.45) is 0 Å². The Morgan fingerprint density at radius 3 is 2.25 bits per heavy atom. The van der Waals surface area contributed by atoms with Gasteiger partial charge in [0.1, 0.15) is 0 Å². The van der Waals surface area contributed by atoms with Gasteiger partial charge in [-0.05, 0) is 45.1 Å². The minimum absolute atomic E-state index is 0.792. The van der Waals surface area contributed by atoms with E-state index in [-0.39, 0.29) is 0 Å². The molecule has 2 heterocycles. The molecule has 2 heteroatoms. The molecule has 0 saturated carbocycles. The third-order valence-electron chi connectivity index (χ3n) is 5.46.